The molecule has 7 nitrogen and oxygen atoms in total. The molecular formula is C13H11N3O4. The molecule has 0 bridgehead atoms. The number of nitro groups is 1. The number of nitrogens with zero attached hydrogens (tertiary/aromatic N) is 2. The highest BCUT2D eigenvalue weighted by Crippen LogP contribution is 2.22. The zero-order valence-corrected chi connectivity index (χ0v) is 10.4. The van der Waals surface area contributed by atoms with Crippen molar-refractivity contribution in [2.75, 3.05) is 11.9 Å². The number of nitrogens with one attached hydrogen (secondary N) is 1. The highest BCUT2D eigenvalue weighted by molar-refractivity contribution is 5.91. The van der Waals surface area contributed by atoms with Crippen LogP contribution in [-0.4, -0.2) is 22.4 Å². The summed E-state index contributed by atoms with van der Waals surface area (Å²) in [6, 6.07) is 11.7. The summed E-state index contributed by atoms with van der Waals surface area (Å²) in [6.07, 6.45) is 1.29. The first kappa shape index (κ1) is 13.5. The molecule has 0 saturated heterocycles. The molecule has 0 saturated carbocycles. The Hall–Kier alpha value is -2.96. The first-order valence-corrected chi connectivity index (χ1v) is 5.74. The SMILES string of the molecule is O=C(COc1cccnc1[N+](=O)[O-])Nc1ccccc1. The Balaban J connectivity index is 1.96. The maximum absolute atomic E-state index is 11.6. The second-order valence-corrected chi connectivity index (χ2v) is 3.79. The lowest BCUT2D eigenvalue weighted by molar-refractivity contribution is -0.390. The minimum atomic E-state index is -0.662. The van der Waals surface area contributed by atoms with E-state index >= 15 is 0 Å². The van der Waals surface area contributed by atoms with E-state index in [4.69, 9.17) is 4.74 Å². The molecular weight excluding hydrogens is 262 g/mol. The Morgan fingerprint density at radius 3 is 2.70 bits per heavy atom. The Morgan fingerprint density at radius 1 is 1.25 bits per heavy atom. The van der Waals surface area contributed by atoms with Crippen molar-refractivity contribution in [3.63, 3.8) is 0 Å². The van der Waals surface area contributed by atoms with Gasteiger partial charge in [0.25, 0.3) is 5.91 Å². The molecule has 1 aromatic carbocycles. The molecule has 0 radical (unpaired) electrons. The lowest BCUT2D eigenvalue weighted by Gasteiger charge is -2.07. The molecule has 0 aliphatic rings. The van der Waals surface area contributed by atoms with Crippen molar-refractivity contribution in [2.24, 2.45) is 0 Å². The topological polar surface area (TPSA) is 94.4 Å². The number of hydrogen-bond donors (Lipinski definition) is 1. The molecule has 20 heavy (non-hydrogen) atoms. The molecule has 1 aromatic heterocycles. The van der Waals surface area contributed by atoms with Gasteiger partial charge in [-0.15, -0.1) is 0 Å². The lowest BCUT2D eigenvalue weighted by atomic mass is 10.3. The number of anilines is 1. The molecule has 1 heterocycles. The fraction of sp³-hybridized carbons (Fsp3) is 0.0769. The van der Waals surface area contributed by atoms with E-state index in [-0.39, 0.29) is 12.4 Å². The Labute approximate surface area is 114 Å². The van der Waals surface area contributed by atoms with Crippen LogP contribution in [0.15, 0.2) is 48.7 Å². The van der Waals surface area contributed by atoms with Crippen molar-refractivity contribution in [1.82, 2.24) is 4.98 Å². The number of rotatable bonds is 5. The van der Waals surface area contributed by atoms with Gasteiger partial charge in [-0.05, 0) is 34.2 Å². The number of amides is 1. The van der Waals surface area contributed by atoms with E-state index in [0.717, 1.165) is 0 Å². The van der Waals surface area contributed by atoms with Crippen molar-refractivity contribution in [1.29, 1.82) is 0 Å². The molecule has 0 atom stereocenters. The third-order valence-electron chi connectivity index (χ3n) is 2.34. The zero-order chi connectivity index (χ0) is 14.4. The maximum atomic E-state index is 11.6. The fourth-order valence-corrected chi connectivity index (χ4v) is 1.49. The highest BCUT2D eigenvalue weighted by Gasteiger charge is 2.16. The van der Waals surface area contributed by atoms with Crippen molar-refractivity contribution < 1.29 is 14.5 Å². The van der Waals surface area contributed by atoms with Gasteiger partial charge in [0.15, 0.2) is 6.61 Å². The minimum Gasteiger partial charge on any atom is -0.476 e. The molecule has 2 aromatic rings. The van der Waals surface area contributed by atoms with E-state index in [2.05, 4.69) is 10.3 Å². The number of carbonyl (C=O) groups is 1. The van der Waals surface area contributed by atoms with E-state index in [9.17, 15) is 14.9 Å². The van der Waals surface area contributed by atoms with Crippen molar-refractivity contribution in [3.05, 3.63) is 58.8 Å². The van der Waals surface area contributed by atoms with Gasteiger partial charge in [-0.2, -0.15) is 0 Å². The molecule has 0 aliphatic carbocycles. The van der Waals surface area contributed by atoms with E-state index in [1.54, 1.807) is 24.3 Å². The van der Waals surface area contributed by atoms with Crippen LogP contribution in [0, 0.1) is 10.1 Å². The van der Waals surface area contributed by atoms with Crippen LogP contribution in [0.3, 0.4) is 0 Å². The standard InChI is InChI=1S/C13H11N3O4/c17-12(15-10-5-2-1-3-6-10)9-20-11-7-4-8-14-13(11)16(18)19/h1-8H,9H2,(H,15,17). The summed E-state index contributed by atoms with van der Waals surface area (Å²) in [5.41, 5.74) is 0.627. The van der Waals surface area contributed by atoms with Gasteiger partial charge in [-0.3, -0.25) is 4.79 Å². The summed E-state index contributed by atoms with van der Waals surface area (Å²) < 4.78 is 5.12. The number of ether oxygens (including phenoxy) is 1. The smallest absolute Gasteiger partial charge is 0.406 e. The first-order chi connectivity index (χ1) is 9.66. The summed E-state index contributed by atoms with van der Waals surface area (Å²) in [4.78, 5) is 25.3. The average Bonchev–Trinajstić information content (AvgIpc) is 2.46. The predicted molar refractivity (Wildman–Crippen MR) is 71.5 cm³/mol. The molecule has 0 aliphatic heterocycles. The first-order valence-electron chi connectivity index (χ1n) is 5.74. The van der Waals surface area contributed by atoms with Gasteiger partial charge in [-0.25, -0.2) is 0 Å². The van der Waals surface area contributed by atoms with Gasteiger partial charge in [0.05, 0.1) is 0 Å². The summed E-state index contributed by atoms with van der Waals surface area (Å²) in [6.45, 7) is -0.332. The minimum absolute atomic E-state index is 0.0410. The van der Waals surface area contributed by atoms with E-state index in [1.165, 1.54) is 18.3 Å². The fourth-order valence-electron chi connectivity index (χ4n) is 1.49. The number of carbonyl (C=O) groups excluding carboxylic acids is 1. The number of benzene rings is 1. The van der Waals surface area contributed by atoms with Crippen LogP contribution in [-0.2, 0) is 4.79 Å². The number of aromatic nitrogens is 1. The van der Waals surface area contributed by atoms with Crippen LogP contribution in [0.2, 0.25) is 0 Å². The van der Waals surface area contributed by atoms with Crippen LogP contribution in [0.5, 0.6) is 5.75 Å². The van der Waals surface area contributed by atoms with Gasteiger partial charge in [0, 0.05) is 5.69 Å². The predicted octanol–water partition coefficient (Wildman–Crippen LogP) is 2.01. The number of pyridine rings is 1. The summed E-state index contributed by atoms with van der Waals surface area (Å²) in [7, 11) is 0. The van der Waals surface area contributed by atoms with Gasteiger partial charge in [0.1, 0.15) is 6.20 Å². The Kier molecular flexibility index (Phi) is 4.23. The second kappa shape index (κ2) is 6.28. The normalized spacial score (nSPS) is 9.80. The van der Waals surface area contributed by atoms with Crippen LogP contribution in [0.25, 0.3) is 0 Å². The molecule has 102 valence electrons. The summed E-state index contributed by atoms with van der Waals surface area (Å²) in [5.74, 6) is -0.866. The maximum Gasteiger partial charge on any atom is 0.406 e. The molecule has 1 N–H and O–H groups in total. The van der Waals surface area contributed by atoms with E-state index in [1.807, 2.05) is 6.07 Å². The van der Waals surface area contributed by atoms with Crippen LogP contribution in [0.1, 0.15) is 0 Å². The Morgan fingerprint density at radius 2 is 2.00 bits per heavy atom. The van der Waals surface area contributed by atoms with Crippen molar-refractivity contribution in [3.8, 4) is 5.75 Å². The van der Waals surface area contributed by atoms with Gasteiger partial charge in [-0.1, -0.05) is 18.2 Å². The summed E-state index contributed by atoms with van der Waals surface area (Å²) >= 11 is 0. The van der Waals surface area contributed by atoms with Gasteiger partial charge >= 0.3 is 5.82 Å². The van der Waals surface area contributed by atoms with Crippen LogP contribution >= 0.6 is 0 Å². The van der Waals surface area contributed by atoms with Crippen LogP contribution in [0.4, 0.5) is 11.5 Å². The largest absolute Gasteiger partial charge is 0.476 e. The third-order valence-corrected chi connectivity index (χ3v) is 2.34. The molecule has 0 unspecified atom stereocenters. The lowest BCUT2D eigenvalue weighted by Crippen LogP contribution is -2.20. The third kappa shape index (κ3) is 3.52. The Bertz CT molecular complexity index is 616. The molecule has 7 heteroatoms. The van der Waals surface area contributed by atoms with Crippen molar-refractivity contribution in [2.45, 2.75) is 0 Å². The quantitative estimate of drug-likeness (QED) is 0.664. The average molecular weight is 273 g/mol. The summed E-state index contributed by atoms with van der Waals surface area (Å²) in [5, 5.41) is 13.3. The van der Waals surface area contributed by atoms with E-state index < -0.39 is 16.6 Å². The monoisotopic (exact) mass is 273 g/mol. The highest BCUT2D eigenvalue weighted by atomic mass is 16.6. The molecule has 0 spiro atoms. The zero-order valence-electron chi connectivity index (χ0n) is 10.4. The number of hydrogen-bond acceptors (Lipinski definition) is 5. The molecule has 1 amide bonds. The second-order valence-electron chi connectivity index (χ2n) is 3.79. The van der Waals surface area contributed by atoms with Crippen LogP contribution < -0.4 is 10.1 Å². The van der Waals surface area contributed by atoms with Crippen molar-refractivity contribution >= 4 is 17.4 Å². The van der Waals surface area contributed by atoms with Gasteiger partial charge < -0.3 is 20.2 Å². The molecule has 0 fully saturated rings. The van der Waals surface area contributed by atoms with Gasteiger partial charge in [0.2, 0.25) is 5.75 Å². The number of para-hydroxylation sites is 1. The van der Waals surface area contributed by atoms with E-state index in [0.29, 0.717) is 5.69 Å². The molecule has 2 rings (SSSR count).